The summed E-state index contributed by atoms with van der Waals surface area (Å²) in [6.45, 7) is 3.77. The van der Waals surface area contributed by atoms with Crippen molar-refractivity contribution >= 4 is 86.8 Å². The largest absolute Gasteiger partial charge is 0.480 e. The summed E-state index contributed by atoms with van der Waals surface area (Å²) in [5.41, 5.74) is 22.1. The van der Waals surface area contributed by atoms with E-state index >= 15 is 0 Å². The van der Waals surface area contributed by atoms with Crippen molar-refractivity contribution in [2.75, 3.05) is 12.3 Å². The van der Waals surface area contributed by atoms with Crippen molar-refractivity contribution in [3.05, 3.63) is 108 Å². The molecule has 19 nitrogen and oxygen atoms in total. The maximum Gasteiger partial charge on any atom is 0.326 e. The Bertz CT molecular complexity index is 2760. The van der Waals surface area contributed by atoms with E-state index in [2.05, 4.69) is 59.2 Å². The molecule has 0 radical (unpaired) electrons. The number of aromatic nitrogens is 3. The number of carbonyl (C=O) groups excluding carboxylic acids is 5. The van der Waals surface area contributed by atoms with E-state index in [-0.39, 0.29) is 62.7 Å². The lowest BCUT2D eigenvalue weighted by Crippen LogP contribution is -2.60. The van der Waals surface area contributed by atoms with Gasteiger partial charge in [0.15, 0.2) is 5.96 Å². The lowest BCUT2D eigenvalue weighted by molar-refractivity contribution is -0.142. The van der Waals surface area contributed by atoms with Crippen LogP contribution in [-0.4, -0.2) is 110 Å². The SMILES string of the molecule is CC(C)C[C@H](NC(=O)[C@H](Cc1c[nH]c2ccccc12)NC(=O)[C@H](Cc1c[nH]c2ccccc12)NC(=O)[C@H](CCCN=C(N)N)NC(=O)[C@H](CS)NC(=O)[C@@H](N)Cc1c[nH]c2ccccc12)C(=O)O. The van der Waals surface area contributed by atoms with Crippen LogP contribution in [0.4, 0.5) is 0 Å². The minimum atomic E-state index is -1.34. The zero-order valence-corrected chi connectivity index (χ0v) is 38.8. The molecule has 0 aliphatic heterocycles. The molecule has 68 heavy (non-hydrogen) atoms. The predicted molar refractivity (Wildman–Crippen MR) is 264 cm³/mol. The molecule has 0 saturated heterocycles. The van der Waals surface area contributed by atoms with Gasteiger partial charge >= 0.3 is 5.97 Å². The number of hydrogen-bond donors (Lipinski definition) is 13. The standard InChI is InChI=1S/C48H60N12O7S/c1-26(2)18-40(47(66)67)59-45(64)39(21-29-24-55-36-15-8-5-12-32(29)36)58-44(63)38(20-28-23-54-35-14-7-4-11-31(28)35)57-43(62)37(16-9-17-52-48(50)51)56-46(65)41(25-68)60-42(61)33(49)19-27-22-53-34-13-6-3-10-30(27)34/h3-8,10-15,22-24,26,33,37-41,53-55,68H,9,16-21,25,49H2,1-2H3,(H,56,65)(H,57,62)(H,58,63)(H,59,64)(H,60,61)(H,66,67)(H4,50,51,52)/t33-,37-,38-,39-,40-,41-/m0/s1. The molecule has 0 bridgehead atoms. The van der Waals surface area contributed by atoms with E-state index in [1.165, 1.54) is 0 Å². The molecule has 3 heterocycles. The van der Waals surface area contributed by atoms with Gasteiger partial charge in [-0.2, -0.15) is 12.6 Å². The van der Waals surface area contributed by atoms with Gasteiger partial charge in [0.25, 0.3) is 0 Å². The maximum atomic E-state index is 14.7. The van der Waals surface area contributed by atoms with Crippen LogP contribution in [0.5, 0.6) is 0 Å². The van der Waals surface area contributed by atoms with Crippen LogP contribution in [0.25, 0.3) is 32.7 Å². The van der Waals surface area contributed by atoms with E-state index in [0.29, 0.717) is 11.1 Å². The zero-order chi connectivity index (χ0) is 48.9. The molecular weight excluding hydrogens is 889 g/mol. The number of fused-ring (bicyclic) bond motifs is 3. The summed E-state index contributed by atoms with van der Waals surface area (Å²) >= 11 is 4.34. The van der Waals surface area contributed by atoms with Gasteiger partial charge in [-0.3, -0.25) is 29.0 Å². The van der Waals surface area contributed by atoms with Crippen LogP contribution in [0.3, 0.4) is 0 Å². The van der Waals surface area contributed by atoms with E-state index < -0.39 is 71.8 Å². The first-order valence-corrected chi connectivity index (χ1v) is 23.1. The Labute approximate surface area is 398 Å². The fourth-order valence-electron chi connectivity index (χ4n) is 8.12. The van der Waals surface area contributed by atoms with Gasteiger partial charge in [-0.15, -0.1) is 0 Å². The van der Waals surface area contributed by atoms with Gasteiger partial charge in [0.05, 0.1) is 6.04 Å². The molecule has 0 unspecified atom stereocenters. The fraction of sp³-hybridized carbons (Fsp3) is 0.354. The van der Waals surface area contributed by atoms with Crippen LogP contribution in [0.2, 0.25) is 0 Å². The highest BCUT2D eigenvalue weighted by Crippen LogP contribution is 2.22. The molecule has 6 aromatic rings. The van der Waals surface area contributed by atoms with Crippen molar-refractivity contribution in [3.8, 4) is 0 Å². The summed E-state index contributed by atoms with van der Waals surface area (Å²) in [6, 6.07) is 15.0. The van der Waals surface area contributed by atoms with E-state index in [4.69, 9.17) is 17.2 Å². The third kappa shape index (κ3) is 13.2. The van der Waals surface area contributed by atoms with E-state index in [1.807, 2.05) is 86.6 Å². The first kappa shape index (κ1) is 50.1. The number of nitrogens with one attached hydrogen (secondary N) is 8. The molecular formula is C48H60N12O7S. The number of aromatic amines is 3. The topological polar surface area (TPSA) is 321 Å². The van der Waals surface area contributed by atoms with Crippen LogP contribution in [-0.2, 0) is 48.0 Å². The maximum absolute atomic E-state index is 14.7. The number of carboxylic acids is 1. The Morgan fingerprint density at radius 1 is 0.588 bits per heavy atom. The Morgan fingerprint density at radius 2 is 0.985 bits per heavy atom. The molecule has 0 fully saturated rings. The molecule has 6 atom stereocenters. The predicted octanol–water partition coefficient (Wildman–Crippen LogP) is 2.02. The summed E-state index contributed by atoms with van der Waals surface area (Å²) in [4.78, 5) is 96.5. The molecule has 0 saturated carbocycles. The lowest BCUT2D eigenvalue weighted by atomic mass is 10.00. The molecule has 5 amide bonds. The van der Waals surface area contributed by atoms with Gasteiger partial charge in [0.2, 0.25) is 29.5 Å². The van der Waals surface area contributed by atoms with Crippen molar-refractivity contribution in [3.63, 3.8) is 0 Å². The van der Waals surface area contributed by atoms with Crippen LogP contribution in [0.15, 0.2) is 96.4 Å². The van der Waals surface area contributed by atoms with Crippen molar-refractivity contribution in [2.24, 2.45) is 28.1 Å². The Hall–Kier alpha value is -7.32. The fourth-order valence-corrected chi connectivity index (χ4v) is 8.37. The van der Waals surface area contributed by atoms with Gasteiger partial charge in [0.1, 0.15) is 30.2 Å². The number of nitrogens with two attached hydrogens (primary N) is 3. The number of carbonyl (C=O) groups is 6. The molecule has 0 spiro atoms. The molecule has 360 valence electrons. The summed E-state index contributed by atoms with van der Waals surface area (Å²) < 4.78 is 0. The third-order valence-corrected chi connectivity index (χ3v) is 12.0. The van der Waals surface area contributed by atoms with Crippen LogP contribution in [0.1, 0.15) is 49.8 Å². The summed E-state index contributed by atoms with van der Waals surface area (Å²) in [5, 5.41) is 26.2. The quantitative estimate of drug-likeness (QED) is 0.0181. The monoisotopic (exact) mass is 948 g/mol. The van der Waals surface area contributed by atoms with E-state index in [1.54, 1.807) is 18.6 Å². The number of carboxylic acid groups (broad SMARTS) is 1. The number of hydrogen-bond acceptors (Lipinski definition) is 9. The number of nitrogens with zero attached hydrogens (tertiary/aromatic N) is 1. The summed E-state index contributed by atoms with van der Waals surface area (Å²) in [5.74, 6) is -5.22. The van der Waals surface area contributed by atoms with Gasteiger partial charge in [-0.25, -0.2) is 4.79 Å². The number of H-pyrrole nitrogens is 3. The number of aliphatic imine (C=N–C) groups is 1. The highest BCUT2D eigenvalue weighted by molar-refractivity contribution is 7.80. The average Bonchev–Trinajstić information content (AvgIpc) is 4.05. The number of benzene rings is 3. The second-order valence-corrected chi connectivity index (χ2v) is 17.6. The zero-order valence-electron chi connectivity index (χ0n) is 37.9. The highest BCUT2D eigenvalue weighted by atomic mass is 32.1. The summed E-state index contributed by atoms with van der Waals surface area (Å²) in [7, 11) is 0. The summed E-state index contributed by atoms with van der Waals surface area (Å²) in [6.07, 6.45) is 5.65. The molecule has 20 heteroatoms. The van der Waals surface area contributed by atoms with Crippen molar-refractivity contribution in [1.29, 1.82) is 0 Å². The first-order valence-electron chi connectivity index (χ1n) is 22.4. The average molecular weight is 949 g/mol. The molecule has 3 aromatic carbocycles. The lowest BCUT2D eigenvalue weighted by Gasteiger charge is -2.27. The number of aliphatic carboxylic acids is 1. The van der Waals surface area contributed by atoms with Gasteiger partial charge in [-0.1, -0.05) is 68.4 Å². The van der Waals surface area contributed by atoms with Crippen LogP contribution >= 0.6 is 12.6 Å². The van der Waals surface area contributed by atoms with Crippen molar-refractivity contribution < 1.29 is 33.9 Å². The first-order chi connectivity index (χ1) is 32.6. The van der Waals surface area contributed by atoms with Crippen molar-refractivity contribution in [2.45, 2.75) is 88.6 Å². The molecule has 15 N–H and O–H groups in total. The normalized spacial score (nSPS) is 14.1. The van der Waals surface area contributed by atoms with Gasteiger partial charge < -0.3 is 63.8 Å². The molecule has 0 aliphatic rings. The second kappa shape index (κ2) is 23.4. The van der Waals surface area contributed by atoms with Crippen LogP contribution < -0.4 is 43.8 Å². The van der Waals surface area contributed by atoms with E-state index in [9.17, 15) is 33.9 Å². The minimum absolute atomic E-state index is 0.00111. The smallest absolute Gasteiger partial charge is 0.326 e. The second-order valence-electron chi connectivity index (χ2n) is 17.2. The number of guanidine groups is 1. The van der Waals surface area contributed by atoms with Gasteiger partial charge in [0, 0.05) is 76.4 Å². The number of para-hydroxylation sites is 3. The van der Waals surface area contributed by atoms with Crippen molar-refractivity contribution in [1.82, 2.24) is 41.5 Å². The van der Waals surface area contributed by atoms with Crippen LogP contribution in [0, 0.1) is 5.92 Å². The third-order valence-electron chi connectivity index (χ3n) is 11.6. The number of rotatable bonds is 24. The molecule has 3 aromatic heterocycles. The minimum Gasteiger partial charge on any atom is -0.480 e. The van der Waals surface area contributed by atoms with E-state index in [0.717, 1.165) is 38.3 Å². The van der Waals surface area contributed by atoms with Gasteiger partial charge in [-0.05, 0) is 66.5 Å². The highest BCUT2D eigenvalue weighted by Gasteiger charge is 2.34. The molecule has 6 rings (SSSR count). The Morgan fingerprint density at radius 3 is 1.43 bits per heavy atom. The molecule has 0 aliphatic carbocycles. The number of amides is 5. The Balaban J connectivity index is 1.25. The Kier molecular flexibility index (Phi) is 17.3. The number of thiol groups is 1.